The lowest BCUT2D eigenvalue weighted by Gasteiger charge is -2.40. The number of amides is 2. The number of benzene rings is 2. The Morgan fingerprint density at radius 2 is 1.03 bits per heavy atom. The molecule has 6 aromatic rings. The topological polar surface area (TPSA) is 200 Å². The van der Waals surface area contributed by atoms with Crippen molar-refractivity contribution in [3.05, 3.63) is 95.6 Å². The highest BCUT2D eigenvalue weighted by molar-refractivity contribution is 5.99. The number of carbonyl (C=O) groups is 2. The molecule has 0 bridgehead atoms. The van der Waals surface area contributed by atoms with Gasteiger partial charge in [0.25, 0.3) is 11.8 Å². The van der Waals surface area contributed by atoms with Crippen molar-refractivity contribution >= 4 is 11.8 Å². The highest BCUT2D eigenvalue weighted by Crippen LogP contribution is 2.42. The average Bonchev–Trinajstić information content (AvgIpc) is 4.14. The normalized spacial score (nSPS) is 18.6. The Balaban J connectivity index is 0.000000144. The number of rotatable bonds is 4. The number of hydrogen-bond donors (Lipinski definition) is 5. The Morgan fingerprint density at radius 3 is 1.54 bits per heavy atom. The summed E-state index contributed by atoms with van der Waals surface area (Å²) in [4.78, 5) is 50.5. The van der Waals surface area contributed by atoms with E-state index in [-0.39, 0.29) is 43.7 Å². The maximum Gasteiger partial charge on any atom is 0.253 e. The number of aromatic amines is 2. The van der Waals surface area contributed by atoms with E-state index in [1.807, 2.05) is 60.7 Å². The van der Waals surface area contributed by atoms with Crippen LogP contribution < -0.4 is 34.9 Å². The van der Waals surface area contributed by atoms with Crippen LogP contribution in [0.3, 0.4) is 0 Å². The van der Waals surface area contributed by atoms with Crippen molar-refractivity contribution in [2.24, 2.45) is 0 Å². The van der Waals surface area contributed by atoms with Crippen LogP contribution in [0.2, 0.25) is 0 Å². The Morgan fingerprint density at radius 1 is 0.557 bits per heavy atom. The number of fused-ring (bicyclic) bond motifs is 6. The molecule has 0 atom stereocenters. The summed E-state index contributed by atoms with van der Waals surface area (Å²) in [5, 5.41) is 9.54. The van der Waals surface area contributed by atoms with Crippen molar-refractivity contribution in [2.45, 2.75) is 43.9 Å². The fraction of sp³-hybridized carbons (Fsp3) is 0.333. The van der Waals surface area contributed by atoms with Crippen molar-refractivity contribution in [1.82, 2.24) is 45.9 Å². The van der Waals surface area contributed by atoms with E-state index in [9.17, 15) is 9.59 Å². The molecule has 2 fully saturated rings. The summed E-state index contributed by atoms with van der Waals surface area (Å²) >= 11 is 0. The Hall–Kier alpha value is -6.78. The van der Waals surface area contributed by atoms with E-state index in [1.165, 1.54) is 0 Å². The SMILES string of the molecule is C.O=C1NCC2(CCNCC2)c2[nH]c(-c3ccnc(-c4ccc5c(c4)OCO5)n3)cc21.O=C1NCC2(CCOCC2)c2[nH]c(-c3ccnc(-c4ccc5c(c4)OCO5)n3)cc21. The zero-order valence-corrected chi connectivity index (χ0v) is 32.6. The molecule has 12 rings (SSSR count). The van der Waals surface area contributed by atoms with Gasteiger partial charge in [-0.2, -0.15) is 0 Å². The van der Waals surface area contributed by atoms with Gasteiger partial charge in [-0.3, -0.25) is 9.59 Å². The van der Waals surface area contributed by atoms with Gasteiger partial charge in [-0.15, -0.1) is 0 Å². The second kappa shape index (κ2) is 15.4. The molecule has 2 aromatic carbocycles. The van der Waals surface area contributed by atoms with Gasteiger partial charge in [0.2, 0.25) is 13.6 Å². The molecule has 0 unspecified atom stereocenters. The zero-order chi connectivity index (χ0) is 40.3. The highest BCUT2D eigenvalue weighted by Gasteiger charge is 2.43. The van der Waals surface area contributed by atoms with Crippen LogP contribution in [0.5, 0.6) is 23.0 Å². The number of aromatic nitrogens is 6. The van der Waals surface area contributed by atoms with Gasteiger partial charge in [-0.25, -0.2) is 19.9 Å². The molecule has 16 nitrogen and oxygen atoms in total. The minimum Gasteiger partial charge on any atom is -0.454 e. The lowest BCUT2D eigenvalue weighted by molar-refractivity contribution is 0.0442. The van der Waals surface area contributed by atoms with E-state index in [0.717, 1.165) is 101 Å². The Bertz CT molecular complexity index is 2480. The molecule has 2 amide bonds. The summed E-state index contributed by atoms with van der Waals surface area (Å²) in [5.41, 5.74) is 8.13. The van der Waals surface area contributed by atoms with Crippen LogP contribution in [0.1, 0.15) is 65.2 Å². The predicted octanol–water partition coefficient (Wildman–Crippen LogP) is 5.53. The maximum absolute atomic E-state index is 12.5. The first-order chi connectivity index (χ1) is 29.4. The van der Waals surface area contributed by atoms with Crippen LogP contribution in [0, 0.1) is 0 Å². The smallest absolute Gasteiger partial charge is 0.253 e. The highest BCUT2D eigenvalue weighted by atomic mass is 16.7. The summed E-state index contributed by atoms with van der Waals surface area (Å²) in [7, 11) is 0. The Labute approximate surface area is 351 Å². The van der Waals surface area contributed by atoms with E-state index in [4.69, 9.17) is 33.7 Å². The van der Waals surface area contributed by atoms with Gasteiger partial charge in [0.05, 0.1) is 33.9 Å². The van der Waals surface area contributed by atoms with Crippen molar-refractivity contribution in [3.63, 3.8) is 0 Å². The molecular weight excluding hydrogens is 779 g/mol. The molecule has 61 heavy (non-hydrogen) atoms. The standard InChI is InChI=1S/C22H21N5O3.C22H20N4O4.CH4/c28-21-14-10-16(26-19(14)22(11-25-21)4-7-23-8-5-22)15-3-6-24-20(27-15)13-1-2-17-18(9-13)30-12-29-17;27-21-14-10-16(25-19(14)22(11-24-21)4-7-28-8-5-22)15-3-6-23-20(26-15)13-1-2-17-18(9-13)30-12-29-17;/h1-3,6,9-10,23,26H,4-5,7-8,11-12H2,(H,25,28);1-3,6,9-10,25H,4-5,7-8,11-12H2,(H,24,27);1H4. The van der Waals surface area contributed by atoms with Gasteiger partial charge in [0.15, 0.2) is 34.6 Å². The molecule has 0 saturated carbocycles. The van der Waals surface area contributed by atoms with Gasteiger partial charge in [0.1, 0.15) is 0 Å². The lowest BCUT2D eigenvalue weighted by Crippen LogP contribution is -2.51. The third kappa shape index (κ3) is 6.81. The average molecular weight is 824 g/mol. The first kappa shape index (κ1) is 38.4. The minimum absolute atomic E-state index is 0. The largest absolute Gasteiger partial charge is 0.454 e. The first-order valence-corrected chi connectivity index (χ1v) is 20.2. The molecule has 16 heteroatoms. The summed E-state index contributed by atoms with van der Waals surface area (Å²) in [5.74, 6) is 3.95. The van der Waals surface area contributed by atoms with Crippen molar-refractivity contribution < 1.29 is 33.3 Å². The monoisotopic (exact) mass is 823 g/mol. The summed E-state index contributed by atoms with van der Waals surface area (Å²) in [6, 6.07) is 18.9. The quantitative estimate of drug-likeness (QED) is 0.149. The van der Waals surface area contributed by atoms with E-state index < -0.39 is 0 Å². The molecule has 6 aliphatic heterocycles. The van der Waals surface area contributed by atoms with Crippen molar-refractivity contribution in [3.8, 4) is 68.5 Å². The second-order valence-electron chi connectivity index (χ2n) is 15.9. The van der Waals surface area contributed by atoms with E-state index in [1.54, 1.807) is 12.4 Å². The van der Waals surface area contributed by atoms with Gasteiger partial charge < -0.3 is 49.6 Å². The van der Waals surface area contributed by atoms with Crippen LogP contribution in [0.15, 0.2) is 73.1 Å². The third-order valence-corrected chi connectivity index (χ3v) is 12.5. The van der Waals surface area contributed by atoms with Crippen LogP contribution >= 0.6 is 0 Å². The van der Waals surface area contributed by atoms with Gasteiger partial charge >= 0.3 is 0 Å². The molecule has 2 spiro atoms. The number of ether oxygens (including phenoxy) is 5. The van der Waals surface area contributed by atoms with E-state index in [0.29, 0.717) is 55.0 Å². The second-order valence-corrected chi connectivity index (χ2v) is 15.9. The maximum atomic E-state index is 12.5. The van der Waals surface area contributed by atoms with Gasteiger partial charge in [-0.1, -0.05) is 7.43 Å². The fourth-order valence-corrected chi connectivity index (χ4v) is 9.13. The molecule has 4 aromatic heterocycles. The molecule has 312 valence electrons. The van der Waals surface area contributed by atoms with Crippen LogP contribution in [-0.2, 0) is 15.6 Å². The summed E-state index contributed by atoms with van der Waals surface area (Å²) < 4.78 is 27.3. The molecule has 0 radical (unpaired) electrons. The number of nitrogens with one attached hydrogen (secondary N) is 5. The molecule has 6 aliphatic rings. The summed E-state index contributed by atoms with van der Waals surface area (Å²) in [6.45, 7) is 5.06. The number of H-pyrrole nitrogens is 2. The zero-order valence-electron chi connectivity index (χ0n) is 32.6. The molecular formula is C45H45N9O7. The van der Waals surface area contributed by atoms with Gasteiger partial charge in [-0.05, 0) is 99.4 Å². The fourth-order valence-electron chi connectivity index (χ4n) is 9.13. The van der Waals surface area contributed by atoms with Crippen LogP contribution in [0.4, 0.5) is 0 Å². The van der Waals surface area contributed by atoms with Gasteiger partial charge in [0, 0.05) is 72.0 Å². The predicted molar refractivity (Wildman–Crippen MR) is 224 cm³/mol. The Kier molecular flexibility index (Phi) is 9.67. The number of carbonyl (C=O) groups excluding carboxylic acids is 2. The molecule has 5 N–H and O–H groups in total. The number of piperidine rings is 1. The number of hydrogen-bond acceptors (Lipinski definition) is 12. The molecule has 10 heterocycles. The molecule has 0 aliphatic carbocycles. The minimum atomic E-state index is -0.104. The first-order valence-electron chi connectivity index (χ1n) is 20.2. The summed E-state index contributed by atoms with van der Waals surface area (Å²) in [6.07, 6.45) is 7.21. The number of nitrogens with zero attached hydrogens (tertiary/aromatic N) is 4. The van der Waals surface area contributed by atoms with Crippen molar-refractivity contribution in [2.75, 3.05) is 53.0 Å². The van der Waals surface area contributed by atoms with E-state index in [2.05, 4.69) is 35.9 Å². The van der Waals surface area contributed by atoms with Crippen LogP contribution in [-0.4, -0.2) is 94.7 Å². The van der Waals surface area contributed by atoms with E-state index >= 15 is 0 Å². The third-order valence-electron chi connectivity index (χ3n) is 12.5. The molecule has 2 saturated heterocycles. The van der Waals surface area contributed by atoms with Crippen molar-refractivity contribution in [1.29, 1.82) is 0 Å². The van der Waals surface area contributed by atoms with Crippen LogP contribution in [0.25, 0.3) is 45.6 Å². The lowest BCUT2D eigenvalue weighted by atomic mass is 9.73.